The van der Waals surface area contributed by atoms with Crippen LogP contribution in [0.15, 0.2) is 29.2 Å². The van der Waals surface area contributed by atoms with E-state index in [0.29, 0.717) is 19.6 Å². The van der Waals surface area contributed by atoms with E-state index in [1.54, 1.807) is 29.2 Å². The minimum atomic E-state index is -3.65. The van der Waals surface area contributed by atoms with Gasteiger partial charge in [0.25, 0.3) is 10.0 Å². The van der Waals surface area contributed by atoms with Crippen LogP contribution in [-0.2, 0) is 16.4 Å². The second-order valence-corrected chi connectivity index (χ2v) is 7.23. The third kappa shape index (κ3) is 3.03. The first-order chi connectivity index (χ1) is 9.87. The molecule has 1 fully saturated rings. The topological polar surface area (TPSA) is 90.5 Å². The largest absolute Gasteiger partial charge is 0.338 e. The Morgan fingerprint density at radius 2 is 1.86 bits per heavy atom. The molecule has 1 aliphatic rings. The van der Waals surface area contributed by atoms with Crippen molar-refractivity contribution in [3.8, 4) is 0 Å². The van der Waals surface area contributed by atoms with Crippen molar-refractivity contribution in [2.75, 3.05) is 19.6 Å². The molecule has 0 bridgehead atoms. The van der Waals surface area contributed by atoms with E-state index in [0.717, 1.165) is 12.0 Å². The van der Waals surface area contributed by atoms with Crippen LogP contribution >= 0.6 is 0 Å². The summed E-state index contributed by atoms with van der Waals surface area (Å²) in [5.74, 6) is 0.0519. The molecule has 0 atom stereocenters. The second-order valence-electron chi connectivity index (χ2n) is 5.37. The van der Waals surface area contributed by atoms with E-state index in [9.17, 15) is 8.42 Å². The summed E-state index contributed by atoms with van der Waals surface area (Å²) in [6.45, 7) is 5.32. The molecule has 2 rings (SSSR count). The Hall–Kier alpha value is -1.60. The average molecular weight is 310 g/mol. The maximum absolute atomic E-state index is 12.6. The van der Waals surface area contributed by atoms with Crippen molar-refractivity contribution in [1.29, 1.82) is 5.41 Å². The van der Waals surface area contributed by atoms with Crippen molar-refractivity contribution in [2.45, 2.75) is 31.2 Å². The van der Waals surface area contributed by atoms with Crippen molar-refractivity contribution in [1.82, 2.24) is 9.21 Å². The van der Waals surface area contributed by atoms with Crippen LogP contribution in [0.5, 0.6) is 0 Å². The van der Waals surface area contributed by atoms with Gasteiger partial charge in [0, 0.05) is 12.6 Å². The van der Waals surface area contributed by atoms with Gasteiger partial charge in [-0.3, -0.25) is 5.41 Å². The van der Waals surface area contributed by atoms with Crippen molar-refractivity contribution >= 4 is 16.0 Å². The van der Waals surface area contributed by atoms with Crippen LogP contribution in [0.25, 0.3) is 0 Å². The van der Waals surface area contributed by atoms with Crippen LogP contribution in [-0.4, -0.2) is 49.3 Å². The van der Waals surface area contributed by atoms with Crippen molar-refractivity contribution in [3.05, 3.63) is 29.8 Å². The lowest BCUT2D eigenvalue weighted by molar-refractivity contribution is 0.382. The van der Waals surface area contributed by atoms with Gasteiger partial charge in [-0.15, -0.1) is 0 Å². The first-order valence-electron chi connectivity index (χ1n) is 7.05. The fourth-order valence-corrected chi connectivity index (χ4v) is 3.80. The maximum Gasteiger partial charge on any atom is 0.266 e. The Morgan fingerprint density at radius 3 is 2.33 bits per heavy atom. The summed E-state index contributed by atoms with van der Waals surface area (Å²) in [6, 6.07) is 6.85. The molecule has 0 unspecified atom stereocenters. The van der Waals surface area contributed by atoms with E-state index >= 15 is 0 Å². The zero-order valence-corrected chi connectivity index (χ0v) is 13.2. The smallest absolute Gasteiger partial charge is 0.266 e. The number of rotatable bonds is 5. The van der Waals surface area contributed by atoms with E-state index in [4.69, 9.17) is 11.1 Å². The molecule has 0 radical (unpaired) electrons. The highest BCUT2D eigenvalue weighted by atomic mass is 32.2. The van der Waals surface area contributed by atoms with Crippen LogP contribution in [0.2, 0.25) is 0 Å². The third-order valence-electron chi connectivity index (χ3n) is 3.62. The summed E-state index contributed by atoms with van der Waals surface area (Å²) in [5, 5.41) is 8.06. The second kappa shape index (κ2) is 6.03. The molecule has 21 heavy (non-hydrogen) atoms. The Morgan fingerprint density at radius 1 is 1.24 bits per heavy atom. The molecule has 0 aliphatic carbocycles. The Labute approximate surface area is 126 Å². The average Bonchev–Trinajstić information content (AvgIpc) is 2.82. The number of nitrogens with zero attached hydrogens (tertiary/aromatic N) is 2. The molecule has 1 heterocycles. The minimum Gasteiger partial charge on any atom is -0.338 e. The van der Waals surface area contributed by atoms with E-state index in [1.165, 1.54) is 4.31 Å². The number of benzene rings is 1. The number of guanidine groups is 1. The Balaban J connectivity index is 2.24. The van der Waals surface area contributed by atoms with Crippen LogP contribution in [0.4, 0.5) is 0 Å². The minimum absolute atomic E-state index is 0.0519. The summed E-state index contributed by atoms with van der Waals surface area (Å²) in [5.41, 5.74) is 6.50. The van der Waals surface area contributed by atoms with Gasteiger partial charge < -0.3 is 10.6 Å². The van der Waals surface area contributed by atoms with Gasteiger partial charge in [0.05, 0.1) is 11.4 Å². The van der Waals surface area contributed by atoms with Crippen molar-refractivity contribution < 1.29 is 8.42 Å². The molecule has 1 aliphatic heterocycles. The lowest BCUT2D eigenvalue weighted by Crippen LogP contribution is -2.39. The van der Waals surface area contributed by atoms with Crippen molar-refractivity contribution in [3.63, 3.8) is 0 Å². The van der Waals surface area contributed by atoms with Gasteiger partial charge in [-0.25, -0.2) is 12.7 Å². The van der Waals surface area contributed by atoms with Gasteiger partial charge in [-0.1, -0.05) is 12.1 Å². The molecule has 0 aromatic heterocycles. The highest BCUT2D eigenvalue weighted by molar-refractivity contribution is 7.89. The quantitative estimate of drug-likeness (QED) is 0.843. The predicted octanol–water partition coefficient (Wildman–Crippen LogP) is 0.837. The number of nitrogens with one attached hydrogen (secondary N) is 1. The summed E-state index contributed by atoms with van der Waals surface area (Å²) >= 11 is 0. The molecule has 1 saturated heterocycles. The van der Waals surface area contributed by atoms with Gasteiger partial charge in [0.1, 0.15) is 0 Å². The number of hydrogen-bond acceptors (Lipinski definition) is 4. The van der Waals surface area contributed by atoms with Gasteiger partial charge in [0.15, 0.2) is 0 Å². The van der Waals surface area contributed by atoms with E-state index < -0.39 is 10.0 Å². The molecule has 7 heteroatoms. The lowest BCUT2D eigenvalue weighted by Gasteiger charge is -2.24. The molecule has 0 spiro atoms. The number of sulfonamides is 1. The van der Waals surface area contributed by atoms with E-state index in [2.05, 4.69) is 0 Å². The fourth-order valence-electron chi connectivity index (χ4n) is 2.41. The lowest BCUT2D eigenvalue weighted by atomic mass is 10.2. The molecule has 1 aromatic carbocycles. The van der Waals surface area contributed by atoms with Crippen LogP contribution in [0.1, 0.15) is 19.4 Å². The highest BCUT2D eigenvalue weighted by Gasteiger charge is 2.36. The molecule has 0 saturated carbocycles. The van der Waals surface area contributed by atoms with Gasteiger partial charge >= 0.3 is 0 Å². The third-order valence-corrected chi connectivity index (χ3v) is 5.42. The molecule has 1 aromatic rings. The van der Waals surface area contributed by atoms with Crippen molar-refractivity contribution in [2.24, 2.45) is 5.73 Å². The molecular weight excluding hydrogens is 288 g/mol. The monoisotopic (exact) mass is 310 g/mol. The van der Waals surface area contributed by atoms with Gasteiger partial charge in [0.2, 0.25) is 5.96 Å². The van der Waals surface area contributed by atoms with Crippen LogP contribution in [0.3, 0.4) is 0 Å². The Bertz CT molecular complexity index is 610. The SMILES string of the molecule is CC(C)N1CCN(S(=O)(=O)c2ccc(CCN)cc2)C1=N. The predicted molar refractivity (Wildman–Crippen MR) is 82.7 cm³/mol. The highest BCUT2D eigenvalue weighted by Crippen LogP contribution is 2.22. The first kappa shape index (κ1) is 15.8. The normalized spacial score (nSPS) is 16.1. The van der Waals surface area contributed by atoms with Gasteiger partial charge in [-0.05, 0) is 44.5 Å². The van der Waals surface area contributed by atoms with Crippen LogP contribution < -0.4 is 5.73 Å². The Kier molecular flexibility index (Phi) is 4.53. The molecule has 0 amide bonds. The standard InChI is InChI=1S/C14H22N4O2S/c1-11(2)17-9-10-18(14(17)16)21(19,20)13-5-3-12(4-6-13)7-8-15/h3-6,11,16H,7-10,15H2,1-2H3. The fraction of sp³-hybridized carbons (Fsp3) is 0.500. The van der Waals surface area contributed by atoms with E-state index in [-0.39, 0.29) is 16.9 Å². The zero-order chi connectivity index (χ0) is 15.6. The molecule has 3 N–H and O–H groups in total. The number of nitrogens with two attached hydrogens (primary N) is 1. The molecule has 6 nitrogen and oxygen atoms in total. The summed E-state index contributed by atoms with van der Waals surface area (Å²) in [7, 11) is -3.65. The summed E-state index contributed by atoms with van der Waals surface area (Å²) in [6.07, 6.45) is 0.723. The maximum atomic E-state index is 12.6. The van der Waals surface area contributed by atoms with Crippen LogP contribution in [0, 0.1) is 5.41 Å². The first-order valence-corrected chi connectivity index (χ1v) is 8.49. The zero-order valence-electron chi connectivity index (χ0n) is 12.4. The van der Waals surface area contributed by atoms with Gasteiger partial charge in [-0.2, -0.15) is 0 Å². The molecule has 116 valence electrons. The summed E-state index contributed by atoms with van der Waals surface area (Å²) in [4.78, 5) is 2.00. The van der Waals surface area contributed by atoms with E-state index in [1.807, 2.05) is 13.8 Å². The summed E-state index contributed by atoms with van der Waals surface area (Å²) < 4.78 is 26.4. The molecular formula is C14H22N4O2S. The number of hydrogen-bond donors (Lipinski definition) is 2.